The topological polar surface area (TPSA) is 29.3 Å². The van der Waals surface area contributed by atoms with Crippen LogP contribution in [0.2, 0.25) is 0 Å². The molecule has 2 N–H and O–H groups in total. The number of thiol groups is 1. The van der Waals surface area contributed by atoms with Gasteiger partial charge in [-0.25, -0.2) is 0 Å². The van der Waals surface area contributed by atoms with Gasteiger partial charge in [0, 0.05) is 16.7 Å². The molecule has 264 valence electrons. The summed E-state index contributed by atoms with van der Waals surface area (Å²) in [5.74, 6) is 1.68. The van der Waals surface area contributed by atoms with E-state index in [9.17, 15) is 0 Å². The van der Waals surface area contributed by atoms with E-state index in [1.165, 1.54) is 121 Å². The van der Waals surface area contributed by atoms with Crippen molar-refractivity contribution in [3.8, 4) is 0 Å². The quantitative estimate of drug-likeness (QED) is 0.0473. The molecule has 4 heteroatoms. The minimum Gasteiger partial charge on any atom is -0.324 e. The molecule has 45 heavy (non-hydrogen) atoms. The molecule has 2 nitrogen and oxygen atoms in total. The average Bonchev–Trinajstić information content (AvgIpc) is 3.27. The molecule has 0 radical (unpaired) electrons. The van der Waals surface area contributed by atoms with Gasteiger partial charge in [-0.3, -0.25) is 0 Å². The molecular formula is C41H77ClN2S. The van der Waals surface area contributed by atoms with Crippen molar-refractivity contribution in [2.75, 3.05) is 19.6 Å². The monoisotopic (exact) mass is 665 g/mol. The van der Waals surface area contributed by atoms with Crippen molar-refractivity contribution < 1.29 is 0 Å². The number of hydrogen-bond acceptors (Lipinski definition) is 3. The molecule has 5 atom stereocenters. The second-order valence-electron chi connectivity index (χ2n) is 14.0. The van der Waals surface area contributed by atoms with Crippen LogP contribution >= 0.6 is 24.2 Å². The first-order valence-corrected chi connectivity index (χ1v) is 20.0. The van der Waals surface area contributed by atoms with Crippen molar-refractivity contribution in [2.45, 2.75) is 174 Å². The van der Waals surface area contributed by atoms with E-state index in [4.69, 9.17) is 30.0 Å². The predicted octanol–water partition coefficient (Wildman–Crippen LogP) is 12.7. The van der Waals surface area contributed by atoms with Crippen molar-refractivity contribution in [2.24, 2.45) is 23.5 Å². The lowest BCUT2D eigenvalue weighted by atomic mass is 9.84. The predicted molar refractivity (Wildman–Crippen MR) is 211 cm³/mol. The van der Waals surface area contributed by atoms with Crippen molar-refractivity contribution in [1.29, 1.82) is 0 Å². The molecule has 2 fully saturated rings. The van der Waals surface area contributed by atoms with E-state index < -0.39 is 0 Å². The number of halogens is 1. The summed E-state index contributed by atoms with van der Waals surface area (Å²) in [6.07, 6.45) is 28.5. The van der Waals surface area contributed by atoms with E-state index in [-0.39, 0.29) is 11.4 Å². The van der Waals surface area contributed by atoms with E-state index >= 15 is 0 Å². The lowest BCUT2D eigenvalue weighted by Crippen LogP contribution is -2.25. The first kappa shape index (κ1) is 44.5. The Hall–Kier alpha value is -0.480. The maximum absolute atomic E-state index is 6.55. The lowest BCUT2D eigenvalue weighted by Gasteiger charge is -2.24. The Morgan fingerprint density at radius 1 is 0.911 bits per heavy atom. The van der Waals surface area contributed by atoms with Crippen LogP contribution in [0.25, 0.3) is 0 Å². The van der Waals surface area contributed by atoms with Crippen LogP contribution in [0.1, 0.15) is 158 Å². The third-order valence-corrected chi connectivity index (χ3v) is 10.6. The Labute approximate surface area is 293 Å². The fourth-order valence-corrected chi connectivity index (χ4v) is 8.00. The summed E-state index contributed by atoms with van der Waals surface area (Å²) in [6.45, 7) is 27.5. The van der Waals surface area contributed by atoms with Crippen molar-refractivity contribution in [3.05, 3.63) is 48.1 Å². The number of nitrogens with zero attached hydrogens (tertiary/aromatic N) is 1. The summed E-state index contributed by atoms with van der Waals surface area (Å²) in [7, 11) is 0. The van der Waals surface area contributed by atoms with Gasteiger partial charge in [0.25, 0.3) is 0 Å². The Morgan fingerprint density at radius 3 is 1.98 bits per heavy atom. The molecule has 2 saturated carbocycles. The lowest BCUT2D eigenvalue weighted by molar-refractivity contribution is 0.275. The number of rotatable bonds is 19. The van der Waals surface area contributed by atoms with Crippen LogP contribution in [0.5, 0.6) is 0 Å². The van der Waals surface area contributed by atoms with Crippen LogP contribution in [0.4, 0.5) is 0 Å². The zero-order valence-corrected chi connectivity index (χ0v) is 32.8. The number of nitrogens with two attached hydrogens (primary N) is 1. The molecule has 0 aliphatic heterocycles. The van der Waals surface area contributed by atoms with Gasteiger partial charge in [0.2, 0.25) is 0 Å². The summed E-state index contributed by atoms with van der Waals surface area (Å²) < 4.78 is 0. The van der Waals surface area contributed by atoms with E-state index in [1.807, 2.05) is 0 Å². The summed E-state index contributed by atoms with van der Waals surface area (Å²) in [5, 5.41) is 0.513. The Bertz CT molecular complexity index is 785. The largest absolute Gasteiger partial charge is 0.324 e. The van der Waals surface area contributed by atoms with E-state index in [1.54, 1.807) is 0 Å². The first-order valence-electron chi connectivity index (χ1n) is 19.1. The van der Waals surface area contributed by atoms with Gasteiger partial charge in [-0.2, -0.15) is 12.6 Å². The molecule has 0 amide bonds. The normalized spacial score (nSPS) is 23.0. The van der Waals surface area contributed by atoms with Gasteiger partial charge in [-0.1, -0.05) is 129 Å². The van der Waals surface area contributed by atoms with Crippen LogP contribution in [0.15, 0.2) is 48.1 Å². The molecular weight excluding hydrogens is 588 g/mol. The average molecular weight is 666 g/mol. The zero-order valence-electron chi connectivity index (χ0n) is 31.1. The third-order valence-electron chi connectivity index (χ3n) is 9.49. The molecule has 0 saturated heterocycles. The first-order chi connectivity index (χ1) is 21.6. The summed E-state index contributed by atoms with van der Waals surface area (Å²) >= 11 is 11.2. The second kappa shape index (κ2) is 28.5. The highest BCUT2D eigenvalue weighted by molar-refractivity contribution is 7.81. The minimum absolute atomic E-state index is 0.134. The van der Waals surface area contributed by atoms with Gasteiger partial charge in [0.1, 0.15) is 0 Å². The van der Waals surface area contributed by atoms with Gasteiger partial charge in [-0.05, 0) is 108 Å². The fraction of sp³-hybridized carbons (Fsp3) is 0.805. The molecule has 2 rings (SSSR count). The summed E-state index contributed by atoms with van der Waals surface area (Å²) in [5.41, 5.74) is 10.3. The minimum atomic E-state index is 0.134. The maximum atomic E-state index is 6.55. The highest BCUT2D eigenvalue weighted by Crippen LogP contribution is 2.42. The Kier molecular flexibility index (Phi) is 28.2. The molecule has 0 heterocycles. The van der Waals surface area contributed by atoms with Gasteiger partial charge in [0.15, 0.2) is 0 Å². The number of alkyl halides is 1. The number of unbranched alkanes of at least 4 members (excludes halogenated alkanes) is 3. The van der Waals surface area contributed by atoms with E-state index in [2.05, 4.69) is 84.8 Å². The molecule has 0 bridgehead atoms. The number of allylic oxidation sites excluding steroid dienone is 4. The second-order valence-corrected chi connectivity index (χ2v) is 15.2. The SMILES string of the molecule is C=C(/C=C\C(=C/CC)C(N)CCC1CCCCC1)C1C(S)CC(Cl)C1C.C=C(C)CCCCCC.CCCN(CCC)CCC. The molecule has 0 aromatic carbocycles. The molecule has 0 aromatic heterocycles. The highest BCUT2D eigenvalue weighted by Gasteiger charge is 2.38. The van der Waals surface area contributed by atoms with Gasteiger partial charge < -0.3 is 10.6 Å². The molecule has 2 aliphatic carbocycles. The maximum Gasteiger partial charge on any atom is 0.0378 e. The van der Waals surface area contributed by atoms with Crippen LogP contribution in [0, 0.1) is 17.8 Å². The standard InChI is InChI=1S/C23H38ClNS.C9H21N.C9H18/c1-4-8-19(21(25)14-12-18-9-6-5-7-10-18)13-11-16(2)23-17(3)20(24)15-22(23)26;1-4-7-10(8-5-2)9-6-3;1-4-5-6-7-8-9(2)3/h8,11,13,17-18,20-23,26H,2,4-7,9-10,12,14-15,25H2,1,3H3;4-9H2,1-3H3;2,4-8H2,1,3H3/b13-11-,19-8+;;. The molecule has 0 spiro atoms. The molecule has 5 unspecified atom stereocenters. The van der Waals surface area contributed by atoms with Crippen LogP contribution in [-0.2, 0) is 0 Å². The third kappa shape index (κ3) is 21.2. The van der Waals surface area contributed by atoms with Crippen LogP contribution < -0.4 is 5.73 Å². The molecule has 2 aliphatic rings. The Morgan fingerprint density at radius 2 is 1.51 bits per heavy atom. The van der Waals surface area contributed by atoms with Crippen LogP contribution in [-0.4, -0.2) is 41.2 Å². The fourth-order valence-electron chi connectivity index (χ4n) is 6.84. The smallest absolute Gasteiger partial charge is 0.0378 e. The molecule has 0 aromatic rings. The number of hydrogen-bond donors (Lipinski definition) is 2. The van der Waals surface area contributed by atoms with Gasteiger partial charge >= 0.3 is 0 Å². The van der Waals surface area contributed by atoms with E-state index in [0.29, 0.717) is 17.1 Å². The van der Waals surface area contributed by atoms with Crippen molar-refractivity contribution in [3.63, 3.8) is 0 Å². The van der Waals surface area contributed by atoms with Gasteiger partial charge in [0.05, 0.1) is 0 Å². The van der Waals surface area contributed by atoms with Crippen molar-refractivity contribution >= 4 is 24.2 Å². The van der Waals surface area contributed by atoms with E-state index in [0.717, 1.165) is 30.8 Å². The highest BCUT2D eigenvalue weighted by atomic mass is 35.5. The zero-order chi connectivity index (χ0) is 34.0. The van der Waals surface area contributed by atoms with Crippen molar-refractivity contribution in [1.82, 2.24) is 4.90 Å². The van der Waals surface area contributed by atoms with Gasteiger partial charge in [-0.15, -0.1) is 18.2 Å². The summed E-state index contributed by atoms with van der Waals surface area (Å²) in [6, 6.07) is 0.134. The van der Waals surface area contributed by atoms with Crippen LogP contribution in [0.3, 0.4) is 0 Å². The Balaban J connectivity index is 0.000000836. The summed E-state index contributed by atoms with van der Waals surface area (Å²) in [4.78, 5) is 2.54.